The van der Waals surface area contributed by atoms with Crippen molar-refractivity contribution in [1.82, 2.24) is 0 Å². The van der Waals surface area contributed by atoms with Gasteiger partial charge in [-0.3, -0.25) is 0 Å². The van der Waals surface area contributed by atoms with Crippen LogP contribution in [0.15, 0.2) is 0 Å². The van der Waals surface area contributed by atoms with E-state index in [0.717, 1.165) is 38.5 Å². The molecule has 0 bridgehead atoms. The number of hydrogen-bond acceptors (Lipinski definition) is 4. The second-order valence-corrected chi connectivity index (χ2v) is 7.40. The molecule has 0 aromatic rings. The maximum Gasteiger partial charge on any atom is 1.00 e. The van der Waals surface area contributed by atoms with Crippen molar-refractivity contribution in [3.63, 3.8) is 0 Å². The van der Waals surface area contributed by atoms with Crippen molar-refractivity contribution in [2.45, 2.75) is 117 Å². The Kier molecular flexibility index (Phi) is 26.1. The number of carboxylic acids is 2. The molecule has 0 spiro atoms. The molecule has 0 aromatic heterocycles. The van der Waals surface area contributed by atoms with Gasteiger partial charge in [0.05, 0.1) is 11.9 Å². The van der Waals surface area contributed by atoms with E-state index in [1.165, 1.54) is 38.5 Å². The molecule has 4 nitrogen and oxygen atoms in total. The predicted molar refractivity (Wildman–Crippen MR) is 97.7 cm³/mol. The van der Waals surface area contributed by atoms with Crippen LogP contribution in [0.2, 0.25) is 0 Å². The summed E-state index contributed by atoms with van der Waals surface area (Å²) in [5.74, 6) is -2.94. The molecule has 0 atom stereocenters. The van der Waals surface area contributed by atoms with Crippen molar-refractivity contribution in [2.24, 2.45) is 5.41 Å². The molecular weight excluding hydrogens is 362 g/mol. The van der Waals surface area contributed by atoms with E-state index in [2.05, 4.69) is 13.8 Å². The number of hydrogen-bond donors (Lipinski definition) is 0. The van der Waals surface area contributed by atoms with Crippen molar-refractivity contribution >= 4 is 11.9 Å². The zero-order chi connectivity index (χ0) is 19.0. The van der Waals surface area contributed by atoms with Crippen LogP contribution >= 0.6 is 0 Å². The molecule has 0 unspecified atom stereocenters. The maximum absolute atomic E-state index is 11.5. The molecule has 0 radical (unpaired) electrons. The van der Waals surface area contributed by atoms with E-state index in [0.29, 0.717) is 12.8 Å². The molecule has 0 saturated heterocycles. The van der Waals surface area contributed by atoms with E-state index in [9.17, 15) is 19.8 Å². The third-order valence-electron chi connectivity index (χ3n) is 5.20. The number of aliphatic carboxylic acids is 2. The molecule has 0 N–H and O–H groups in total. The Bertz CT molecular complexity index is 328. The standard InChI is InChI=1S/C21H40O4.2Na/c1-3-5-7-9-11-13-15-17-21(19(22)23,20(24)25)18-16-14-12-10-8-6-4-2;;/h3-18H2,1-2H3,(H,22,23)(H,24,25);;/q;2*+1/p-2. The predicted octanol–water partition coefficient (Wildman–Crippen LogP) is -2.24. The number of unbranched alkanes of at least 4 members (excludes halogenated alkanes) is 12. The summed E-state index contributed by atoms with van der Waals surface area (Å²) in [5.41, 5.74) is -1.80. The second-order valence-electron chi connectivity index (χ2n) is 7.40. The number of carbonyl (C=O) groups is 2. The molecule has 0 aliphatic rings. The topological polar surface area (TPSA) is 80.3 Å². The van der Waals surface area contributed by atoms with Gasteiger partial charge in [-0.2, -0.15) is 0 Å². The Labute approximate surface area is 211 Å². The normalized spacial score (nSPS) is 10.7. The van der Waals surface area contributed by atoms with Crippen molar-refractivity contribution in [3.05, 3.63) is 0 Å². The first-order valence-corrected chi connectivity index (χ1v) is 10.4. The van der Waals surface area contributed by atoms with Crippen LogP contribution in [0.25, 0.3) is 0 Å². The van der Waals surface area contributed by atoms with Crippen molar-refractivity contribution in [1.29, 1.82) is 0 Å². The van der Waals surface area contributed by atoms with Gasteiger partial charge in [0.15, 0.2) is 0 Å². The fraction of sp³-hybridized carbons (Fsp3) is 0.905. The SMILES string of the molecule is CCCCCCCCCC(CCCCCCCCC)(C(=O)[O-])C(=O)[O-].[Na+].[Na+]. The zero-order valence-corrected chi connectivity index (χ0v) is 22.4. The van der Waals surface area contributed by atoms with Gasteiger partial charge in [-0.05, 0) is 12.8 Å². The first-order chi connectivity index (χ1) is 12.0. The summed E-state index contributed by atoms with van der Waals surface area (Å²) >= 11 is 0. The van der Waals surface area contributed by atoms with Crippen LogP contribution in [-0.4, -0.2) is 11.9 Å². The van der Waals surface area contributed by atoms with Crippen LogP contribution < -0.4 is 69.3 Å². The summed E-state index contributed by atoms with van der Waals surface area (Å²) in [7, 11) is 0. The summed E-state index contributed by atoms with van der Waals surface area (Å²) in [6.45, 7) is 4.33. The van der Waals surface area contributed by atoms with Gasteiger partial charge in [0.1, 0.15) is 0 Å². The maximum atomic E-state index is 11.5. The number of rotatable bonds is 18. The van der Waals surface area contributed by atoms with E-state index >= 15 is 0 Å². The first kappa shape index (κ1) is 32.6. The summed E-state index contributed by atoms with van der Waals surface area (Å²) in [4.78, 5) is 23.1. The molecule has 0 heterocycles. The average Bonchev–Trinajstić information content (AvgIpc) is 2.57. The second kappa shape index (κ2) is 21.6. The third-order valence-corrected chi connectivity index (χ3v) is 5.20. The third kappa shape index (κ3) is 15.4. The Balaban J connectivity index is -0.00000288. The smallest absolute Gasteiger partial charge is 0.549 e. The molecule has 0 aromatic carbocycles. The van der Waals surface area contributed by atoms with Crippen molar-refractivity contribution in [3.8, 4) is 0 Å². The Morgan fingerprint density at radius 2 is 0.815 bits per heavy atom. The monoisotopic (exact) mass is 400 g/mol. The van der Waals surface area contributed by atoms with Gasteiger partial charge < -0.3 is 19.8 Å². The summed E-state index contributed by atoms with van der Waals surface area (Å²) in [6, 6.07) is 0. The molecule has 27 heavy (non-hydrogen) atoms. The van der Waals surface area contributed by atoms with Gasteiger partial charge in [0.2, 0.25) is 0 Å². The quantitative estimate of drug-likeness (QED) is 0.148. The van der Waals surface area contributed by atoms with Crippen LogP contribution in [0, 0.1) is 5.41 Å². The van der Waals surface area contributed by atoms with Crippen LogP contribution in [0.4, 0.5) is 0 Å². The summed E-state index contributed by atoms with van der Waals surface area (Å²) < 4.78 is 0. The molecule has 0 fully saturated rings. The van der Waals surface area contributed by atoms with Crippen molar-refractivity contribution < 1.29 is 78.9 Å². The molecule has 0 rings (SSSR count). The summed E-state index contributed by atoms with van der Waals surface area (Å²) in [6.07, 6.45) is 14.8. The number of carbonyl (C=O) groups excluding carboxylic acids is 2. The number of carboxylic acid groups (broad SMARTS) is 2. The van der Waals surface area contributed by atoms with Gasteiger partial charge in [0.25, 0.3) is 0 Å². The minimum absolute atomic E-state index is 0. The van der Waals surface area contributed by atoms with E-state index < -0.39 is 17.4 Å². The first-order valence-electron chi connectivity index (χ1n) is 10.4. The van der Waals surface area contributed by atoms with Gasteiger partial charge in [-0.25, -0.2) is 0 Å². The van der Waals surface area contributed by atoms with Gasteiger partial charge in [-0.15, -0.1) is 0 Å². The molecule has 148 valence electrons. The molecule has 6 heteroatoms. The molecular formula is C21H38Na2O4. The fourth-order valence-electron chi connectivity index (χ4n) is 3.38. The van der Waals surface area contributed by atoms with E-state index in [1.54, 1.807) is 0 Å². The molecule has 0 aliphatic heterocycles. The van der Waals surface area contributed by atoms with Crippen LogP contribution in [0.5, 0.6) is 0 Å². The Morgan fingerprint density at radius 1 is 0.556 bits per heavy atom. The van der Waals surface area contributed by atoms with E-state index in [4.69, 9.17) is 0 Å². The molecule has 0 saturated carbocycles. The van der Waals surface area contributed by atoms with Gasteiger partial charge in [0, 0.05) is 5.41 Å². The van der Waals surface area contributed by atoms with E-state index in [-0.39, 0.29) is 72.0 Å². The minimum atomic E-state index is -1.80. The Morgan fingerprint density at radius 3 is 1.07 bits per heavy atom. The van der Waals surface area contributed by atoms with Gasteiger partial charge >= 0.3 is 59.1 Å². The van der Waals surface area contributed by atoms with Gasteiger partial charge in [-0.1, -0.05) is 104 Å². The van der Waals surface area contributed by atoms with Crippen LogP contribution in [0.1, 0.15) is 117 Å². The minimum Gasteiger partial charge on any atom is -0.549 e. The zero-order valence-electron chi connectivity index (χ0n) is 18.4. The Hall–Kier alpha value is 0.940. The molecule has 0 aliphatic carbocycles. The van der Waals surface area contributed by atoms with Crippen molar-refractivity contribution in [2.75, 3.05) is 0 Å². The average molecular weight is 401 g/mol. The fourth-order valence-corrected chi connectivity index (χ4v) is 3.38. The largest absolute Gasteiger partial charge is 1.00 e. The van der Waals surface area contributed by atoms with Crippen LogP contribution in [-0.2, 0) is 9.59 Å². The molecule has 0 amide bonds. The van der Waals surface area contributed by atoms with E-state index in [1.807, 2.05) is 0 Å². The van der Waals surface area contributed by atoms with Crippen LogP contribution in [0.3, 0.4) is 0 Å². The summed E-state index contributed by atoms with van der Waals surface area (Å²) in [5, 5.41) is 23.1.